The first-order chi connectivity index (χ1) is 12.5. The summed E-state index contributed by atoms with van der Waals surface area (Å²) in [7, 11) is 1.59. The van der Waals surface area contributed by atoms with Crippen molar-refractivity contribution in [2.24, 2.45) is 5.92 Å². The van der Waals surface area contributed by atoms with Gasteiger partial charge in [0, 0.05) is 5.92 Å². The first-order valence-electron chi connectivity index (χ1n) is 8.31. The molecule has 1 aliphatic heterocycles. The van der Waals surface area contributed by atoms with Crippen LogP contribution in [0.3, 0.4) is 0 Å². The summed E-state index contributed by atoms with van der Waals surface area (Å²) in [5.74, 6) is -0.384. The molecule has 1 aromatic heterocycles. The van der Waals surface area contributed by atoms with Crippen LogP contribution in [0.1, 0.15) is 23.7 Å². The second-order valence-corrected chi connectivity index (χ2v) is 6.60. The van der Waals surface area contributed by atoms with Crippen molar-refractivity contribution in [1.29, 1.82) is 0 Å². The molecule has 0 bridgehead atoms. The zero-order chi connectivity index (χ0) is 18.4. The zero-order valence-electron chi connectivity index (χ0n) is 14.1. The lowest BCUT2D eigenvalue weighted by Crippen LogP contribution is -2.52. The third-order valence-electron chi connectivity index (χ3n) is 5.10. The monoisotopic (exact) mass is 358 g/mol. The number of hydrogen-bond acceptors (Lipinski definition) is 5. The fourth-order valence-electron chi connectivity index (χ4n) is 3.54. The van der Waals surface area contributed by atoms with E-state index in [-0.39, 0.29) is 30.8 Å². The van der Waals surface area contributed by atoms with Crippen molar-refractivity contribution in [3.05, 3.63) is 46.1 Å². The molecule has 9 heteroatoms. The predicted octanol–water partition coefficient (Wildman–Crippen LogP) is 0.179. The third-order valence-corrected chi connectivity index (χ3v) is 5.10. The Balaban J connectivity index is 1.53. The highest BCUT2D eigenvalue weighted by molar-refractivity contribution is 5.87. The molecule has 2 heterocycles. The highest BCUT2D eigenvalue weighted by Crippen LogP contribution is 2.49. The van der Waals surface area contributed by atoms with Gasteiger partial charge in [-0.2, -0.15) is 5.10 Å². The minimum absolute atomic E-state index is 0.0143. The van der Waals surface area contributed by atoms with E-state index >= 15 is 0 Å². The number of rotatable bonds is 4. The smallest absolute Gasteiger partial charge is 0.343 e. The number of methoxy groups -OCH3 is 1. The highest BCUT2D eigenvalue weighted by Gasteiger charge is 2.49. The molecule has 136 valence electrons. The molecule has 0 saturated heterocycles. The summed E-state index contributed by atoms with van der Waals surface area (Å²) in [4.78, 5) is 37.5. The zero-order valence-corrected chi connectivity index (χ0v) is 14.1. The average Bonchev–Trinajstić information content (AvgIpc) is 3.37. The fourth-order valence-corrected chi connectivity index (χ4v) is 3.54. The first-order valence-corrected chi connectivity index (χ1v) is 8.31. The molecule has 9 nitrogen and oxygen atoms in total. The molecule has 1 fully saturated rings. The molecule has 1 aliphatic carbocycles. The molecule has 26 heavy (non-hydrogen) atoms. The van der Waals surface area contributed by atoms with Gasteiger partial charge in [0.05, 0.1) is 20.2 Å². The number of ether oxygens (including phenoxy) is 1. The van der Waals surface area contributed by atoms with Gasteiger partial charge in [0.25, 0.3) is 0 Å². The molecule has 2 N–H and O–H groups in total. The number of carboxylic acids is 1. The van der Waals surface area contributed by atoms with Crippen LogP contribution >= 0.6 is 0 Å². The molecule has 2 aliphatic rings. The van der Waals surface area contributed by atoms with Gasteiger partial charge in [0.15, 0.2) is 5.82 Å². The minimum atomic E-state index is -1.13. The fraction of sp³-hybridized carbons (Fsp3) is 0.412. The largest absolute Gasteiger partial charge is 0.497 e. The van der Waals surface area contributed by atoms with Crippen molar-refractivity contribution >= 4 is 11.9 Å². The number of nitrogens with zero attached hydrogens (tertiary/aromatic N) is 3. The van der Waals surface area contributed by atoms with Crippen LogP contribution in [0.15, 0.2) is 29.1 Å². The van der Waals surface area contributed by atoms with Gasteiger partial charge in [-0.1, -0.05) is 12.1 Å². The van der Waals surface area contributed by atoms with Gasteiger partial charge in [-0.05, 0) is 30.0 Å². The molecule has 1 unspecified atom stereocenters. The van der Waals surface area contributed by atoms with Crippen LogP contribution in [0.2, 0.25) is 0 Å². The van der Waals surface area contributed by atoms with E-state index in [9.17, 15) is 19.5 Å². The summed E-state index contributed by atoms with van der Waals surface area (Å²) < 4.78 is 6.41. The summed E-state index contributed by atoms with van der Waals surface area (Å²) in [6.45, 7) is -0.0773. The van der Waals surface area contributed by atoms with Gasteiger partial charge in [-0.15, -0.1) is 0 Å². The quantitative estimate of drug-likeness (QED) is 0.805. The van der Waals surface area contributed by atoms with Crippen LogP contribution in [0.5, 0.6) is 5.75 Å². The number of benzene rings is 1. The van der Waals surface area contributed by atoms with Crippen LogP contribution in [0.4, 0.5) is 0 Å². The number of carbonyl (C=O) groups excluding carboxylic acids is 1. The maximum Gasteiger partial charge on any atom is 0.343 e. The van der Waals surface area contributed by atoms with Gasteiger partial charge in [-0.25, -0.2) is 14.7 Å². The first kappa shape index (κ1) is 16.4. The number of aliphatic carboxylic acids is 1. The van der Waals surface area contributed by atoms with Crippen LogP contribution in [-0.4, -0.2) is 49.8 Å². The Hall–Kier alpha value is -3.10. The van der Waals surface area contributed by atoms with E-state index in [1.54, 1.807) is 7.11 Å². The van der Waals surface area contributed by atoms with Crippen molar-refractivity contribution in [3.8, 4) is 5.75 Å². The number of H-pyrrole nitrogens is 1. The van der Waals surface area contributed by atoms with Gasteiger partial charge in [0.1, 0.15) is 11.8 Å². The van der Waals surface area contributed by atoms with E-state index in [0.717, 1.165) is 11.3 Å². The lowest BCUT2D eigenvalue weighted by molar-refractivity contribution is -0.153. The predicted molar refractivity (Wildman–Crippen MR) is 88.7 cm³/mol. The topological polar surface area (TPSA) is 118 Å². The van der Waals surface area contributed by atoms with Crippen LogP contribution in [-0.2, 0) is 22.7 Å². The Morgan fingerprint density at radius 2 is 2.04 bits per heavy atom. The second-order valence-electron chi connectivity index (χ2n) is 6.60. The molecule has 1 amide bonds. The summed E-state index contributed by atoms with van der Waals surface area (Å²) >= 11 is 0. The van der Waals surface area contributed by atoms with Gasteiger partial charge >= 0.3 is 11.7 Å². The third kappa shape index (κ3) is 2.65. The van der Waals surface area contributed by atoms with Gasteiger partial charge in [0.2, 0.25) is 5.91 Å². The standard InChI is InChI=1S/C17H18N4O5/c1-26-10-4-2-9(3-5-10)11-6-12(11)15(22)20-8-14-18-19-17(25)21(14)7-13(20)16(23)24/h2-5,11-13H,6-8H2,1H3,(H,19,25)(H,23,24)/t11-,12+,13?/m0/s1. The van der Waals surface area contributed by atoms with E-state index in [0.29, 0.717) is 12.2 Å². The highest BCUT2D eigenvalue weighted by atomic mass is 16.5. The van der Waals surface area contributed by atoms with Crippen LogP contribution in [0, 0.1) is 5.92 Å². The van der Waals surface area contributed by atoms with Crippen LogP contribution in [0.25, 0.3) is 0 Å². The molecule has 3 atom stereocenters. The van der Waals surface area contributed by atoms with Crippen molar-refractivity contribution in [2.45, 2.75) is 31.5 Å². The molecular formula is C17H18N4O5. The number of aromatic nitrogens is 3. The Morgan fingerprint density at radius 3 is 2.69 bits per heavy atom. The number of aromatic amines is 1. The normalized spacial score (nSPS) is 24.0. The van der Waals surface area contributed by atoms with E-state index in [4.69, 9.17) is 4.74 Å². The number of nitrogens with one attached hydrogen (secondary N) is 1. The van der Waals surface area contributed by atoms with Crippen molar-refractivity contribution in [1.82, 2.24) is 19.7 Å². The Morgan fingerprint density at radius 1 is 1.31 bits per heavy atom. The molecule has 1 aromatic carbocycles. The lowest BCUT2D eigenvalue weighted by Gasteiger charge is -2.33. The number of fused-ring (bicyclic) bond motifs is 1. The van der Waals surface area contributed by atoms with Crippen molar-refractivity contribution in [3.63, 3.8) is 0 Å². The van der Waals surface area contributed by atoms with Crippen LogP contribution < -0.4 is 10.4 Å². The molecule has 0 radical (unpaired) electrons. The van der Waals surface area contributed by atoms with E-state index in [2.05, 4.69) is 10.2 Å². The SMILES string of the molecule is COc1ccc([C@@H]2C[C@H]2C(=O)N2Cc3n[nH]c(=O)n3CC2C(=O)O)cc1. The molecule has 4 rings (SSSR count). The molecule has 0 spiro atoms. The molecule has 2 aromatic rings. The Kier molecular flexibility index (Phi) is 3.78. The van der Waals surface area contributed by atoms with Crippen molar-refractivity contribution in [2.75, 3.05) is 7.11 Å². The lowest BCUT2D eigenvalue weighted by atomic mass is 10.1. The maximum atomic E-state index is 12.9. The molecule has 1 saturated carbocycles. The summed E-state index contributed by atoms with van der Waals surface area (Å²) in [6, 6.07) is 6.47. The Bertz CT molecular complexity index is 916. The van der Waals surface area contributed by atoms with E-state index in [1.807, 2.05) is 24.3 Å². The van der Waals surface area contributed by atoms with Crippen molar-refractivity contribution < 1.29 is 19.4 Å². The summed E-state index contributed by atoms with van der Waals surface area (Å²) in [5, 5.41) is 15.7. The number of amides is 1. The van der Waals surface area contributed by atoms with Gasteiger partial charge in [-0.3, -0.25) is 9.36 Å². The maximum absolute atomic E-state index is 12.9. The van der Waals surface area contributed by atoms with E-state index < -0.39 is 17.7 Å². The Labute approximate surface area is 148 Å². The number of carboxylic acid groups (broad SMARTS) is 1. The number of carbonyl (C=O) groups is 2. The van der Waals surface area contributed by atoms with E-state index in [1.165, 1.54) is 9.47 Å². The summed E-state index contributed by atoms with van der Waals surface area (Å²) in [5.41, 5.74) is 0.575. The second kappa shape index (κ2) is 6.01. The molecular weight excluding hydrogens is 340 g/mol. The average molecular weight is 358 g/mol. The van der Waals surface area contributed by atoms with Gasteiger partial charge < -0.3 is 14.7 Å². The number of hydrogen-bond donors (Lipinski definition) is 2. The summed E-state index contributed by atoms with van der Waals surface area (Å²) in [6.07, 6.45) is 0.682. The minimum Gasteiger partial charge on any atom is -0.497 e.